The normalized spacial score (nSPS) is 25.9. The Bertz CT molecular complexity index is 972. The van der Waals surface area contributed by atoms with Crippen molar-refractivity contribution in [1.82, 2.24) is 0 Å². The standard InChI is InChI=1S/C22H25NO9/c1-11-20(22(26)27-4)15-8-19(23(11)14-5-6-16-17(7-14)30-10-29-16)32-18(9-28-12(2)24)21(15)31-13(3)25/h5-7,15,18-19,21H,8-10H2,1-4H3/t15?,18-,19?,21+/m1/s1. The molecule has 2 unspecified atom stereocenters. The Kier molecular flexibility index (Phi) is 5.96. The Morgan fingerprint density at radius 2 is 1.88 bits per heavy atom. The number of benzene rings is 1. The van der Waals surface area contributed by atoms with Crippen molar-refractivity contribution in [1.29, 1.82) is 0 Å². The van der Waals surface area contributed by atoms with Crippen LogP contribution in [0.5, 0.6) is 11.5 Å². The van der Waals surface area contributed by atoms with Crippen LogP contribution in [0.2, 0.25) is 0 Å². The summed E-state index contributed by atoms with van der Waals surface area (Å²) in [5.41, 5.74) is 1.72. The average molecular weight is 447 g/mol. The van der Waals surface area contributed by atoms with E-state index in [1.54, 1.807) is 13.0 Å². The van der Waals surface area contributed by atoms with Gasteiger partial charge in [-0.25, -0.2) is 4.79 Å². The van der Waals surface area contributed by atoms with Crippen molar-refractivity contribution in [3.63, 3.8) is 0 Å². The number of anilines is 1. The largest absolute Gasteiger partial charge is 0.466 e. The number of carbonyl (C=O) groups excluding carboxylic acids is 3. The van der Waals surface area contributed by atoms with Crippen molar-refractivity contribution in [3.05, 3.63) is 29.5 Å². The molecule has 1 saturated heterocycles. The molecule has 0 aliphatic carbocycles. The molecule has 2 bridgehead atoms. The number of nitrogens with zero attached hydrogens (tertiary/aromatic N) is 1. The Labute approximate surface area is 184 Å². The van der Waals surface area contributed by atoms with Crippen molar-refractivity contribution < 1.29 is 42.8 Å². The van der Waals surface area contributed by atoms with Gasteiger partial charge in [0.15, 0.2) is 11.5 Å². The number of ether oxygens (including phenoxy) is 6. The molecule has 0 amide bonds. The van der Waals surface area contributed by atoms with E-state index in [4.69, 9.17) is 28.4 Å². The highest BCUT2D eigenvalue weighted by Gasteiger charge is 2.51. The summed E-state index contributed by atoms with van der Waals surface area (Å²) in [5, 5.41) is 0. The molecule has 1 fully saturated rings. The third-order valence-electron chi connectivity index (χ3n) is 5.75. The van der Waals surface area contributed by atoms with E-state index in [9.17, 15) is 14.4 Å². The third-order valence-corrected chi connectivity index (χ3v) is 5.75. The number of hydrogen-bond acceptors (Lipinski definition) is 10. The molecule has 3 aliphatic rings. The number of hydrogen-bond donors (Lipinski definition) is 0. The Morgan fingerprint density at radius 3 is 2.56 bits per heavy atom. The number of rotatable bonds is 5. The molecule has 0 radical (unpaired) electrons. The van der Waals surface area contributed by atoms with Crippen molar-refractivity contribution in [2.24, 2.45) is 5.92 Å². The quantitative estimate of drug-likeness (QED) is 0.490. The van der Waals surface area contributed by atoms with Gasteiger partial charge < -0.3 is 33.3 Å². The van der Waals surface area contributed by atoms with E-state index in [1.807, 2.05) is 17.0 Å². The summed E-state index contributed by atoms with van der Waals surface area (Å²) in [6, 6.07) is 5.44. The molecular weight excluding hydrogens is 422 g/mol. The molecular formula is C22H25NO9. The maximum Gasteiger partial charge on any atom is 0.335 e. The molecule has 0 spiro atoms. The highest BCUT2D eigenvalue weighted by molar-refractivity contribution is 5.91. The SMILES string of the molecule is COC(=O)C1=C(C)N(c2ccc3c(c2)OCO3)C2CC1[C@H](OC(C)=O)[C@@H](COC(C)=O)O2. The van der Waals surface area contributed by atoms with Gasteiger partial charge in [0.2, 0.25) is 6.79 Å². The maximum atomic E-state index is 12.8. The summed E-state index contributed by atoms with van der Waals surface area (Å²) in [4.78, 5) is 37.9. The van der Waals surface area contributed by atoms with Crippen LogP contribution in [0.25, 0.3) is 0 Å². The Hall–Kier alpha value is -3.27. The first-order valence-electron chi connectivity index (χ1n) is 10.2. The summed E-state index contributed by atoms with van der Waals surface area (Å²) in [5.74, 6) is -0.811. The van der Waals surface area contributed by atoms with Crippen LogP contribution in [0.15, 0.2) is 29.5 Å². The summed E-state index contributed by atoms with van der Waals surface area (Å²) in [6.07, 6.45) is -1.71. The predicted molar refractivity (Wildman–Crippen MR) is 109 cm³/mol. The van der Waals surface area contributed by atoms with Crippen LogP contribution in [0, 0.1) is 5.92 Å². The molecule has 3 heterocycles. The van der Waals surface area contributed by atoms with Gasteiger partial charge in [-0.15, -0.1) is 0 Å². The van der Waals surface area contributed by atoms with Crippen molar-refractivity contribution in [2.45, 2.75) is 45.6 Å². The number of allylic oxidation sites excluding steroid dienone is 1. The molecule has 1 aromatic carbocycles. The molecule has 3 aliphatic heterocycles. The van der Waals surface area contributed by atoms with Gasteiger partial charge in [-0.2, -0.15) is 0 Å². The van der Waals surface area contributed by atoms with Crippen molar-refractivity contribution in [2.75, 3.05) is 25.4 Å². The van der Waals surface area contributed by atoms with Crippen LogP contribution in [0.4, 0.5) is 5.69 Å². The fraction of sp³-hybridized carbons (Fsp3) is 0.500. The summed E-state index contributed by atoms with van der Waals surface area (Å²) in [6.45, 7) is 4.37. The molecule has 0 N–H and O–H groups in total. The second kappa shape index (κ2) is 8.70. The Balaban J connectivity index is 1.78. The van der Waals surface area contributed by atoms with Gasteiger partial charge in [-0.1, -0.05) is 0 Å². The maximum absolute atomic E-state index is 12.8. The van der Waals surface area contributed by atoms with Crippen LogP contribution in [0.3, 0.4) is 0 Å². The lowest BCUT2D eigenvalue weighted by Gasteiger charge is -2.50. The molecule has 4 atom stereocenters. The topological polar surface area (TPSA) is 110 Å². The number of fused-ring (bicyclic) bond motifs is 3. The van der Waals surface area contributed by atoms with Gasteiger partial charge in [0, 0.05) is 43.6 Å². The van der Waals surface area contributed by atoms with Gasteiger partial charge in [-0.3, -0.25) is 9.59 Å². The lowest BCUT2D eigenvalue weighted by atomic mass is 9.80. The van der Waals surface area contributed by atoms with E-state index in [0.717, 1.165) is 5.69 Å². The lowest BCUT2D eigenvalue weighted by molar-refractivity contribution is -0.193. The zero-order valence-corrected chi connectivity index (χ0v) is 18.3. The van der Waals surface area contributed by atoms with Gasteiger partial charge >= 0.3 is 17.9 Å². The zero-order chi connectivity index (χ0) is 23.0. The fourth-order valence-electron chi connectivity index (χ4n) is 4.49. The predicted octanol–water partition coefficient (Wildman–Crippen LogP) is 1.91. The zero-order valence-electron chi connectivity index (χ0n) is 18.3. The van der Waals surface area contributed by atoms with Crippen LogP contribution in [0.1, 0.15) is 27.2 Å². The summed E-state index contributed by atoms with van der Waals surface area (Å²) >= 11 is 0. The molecule has 32 heavy (non-hydrogen) atoms. The summed E-state index contributed by atoms with van der Waals surface area (Å²) < 4.78 is 32.9. The first-order valence-corrected chi connectivity index (χ1v) is 10.2. The monoisotopic (exact) mass is 447 g/mol. The first-order chi connectivity index (χ1) is 15.3. The minimum absolute atomic E-state index is 0.122. The van der Waals surface area contributed by atoms with Crippen molar-refractivity contribution >= 4 is 23.6 Å². The highest BCUT2D eigenvalue weighted by Crippen LogP contribution is 2.45. The molecule has 4 rings (SSSR count). The minimum Gasteiger partial charge on any atom is -0.466 e. The fourth-order valence-corrected chi connectivity index (χ4v) is 4.49. The smallest absolute Gasteiger partial charge is 0.335 e. The summed E-state index contributed by atoms with van der Waals surface area (Å²) in [7, 11) is 1.30. The van der Waals surface area contributed by atoms with Crippen LogP contribution in [-0.4, -0.2) is 56.9 Å². The van der Waals surface area contributed by atoms with Crippen molar-refractivity contribution in [3.8, 4) is 11.5 Å². The highest BCUT2D eigenvalue weighted by atomic mass is 16.7. The molecule has 0 saturated carbocycles. The molecule has 1 aromatic rings. The van der Waals surface area contributed by atoms with E-state index >= 15 is 0 Å². The van der Waals surface area contributed by atoms with Crippen LogP contribution < -0.4 is 14.4 Å². The molecule has 172 valence electrons. The molecule has 0 aromatic heterocycles. The van der Waals surface area contributed by atoms with E-state index in [0.29, 0.717) is 29.2 Å². The lowest BCUT2D eigenvalue weighted by Crippen LogP contribution is -2.58. The van der Waals surface area contributed by atoms with Gasteiger partial charge in [0.25, 0.3) is 0 Å². The second-order valence-electron chi connectivity index (χ2n) is 7.75. The van der Waals surface area contributed by atoms with E-state index in [2.05, 4.69) is 0 Å². The van der Waals surface area contributed by atoms with Crippen LogP contribution >= 0.6 is 0 Å². The van der Waals surface area contributed by atoms with E-state index in [-0.39, 0.29) is 13.4 Å². The van der Waals surface area contributed by atoms with Crippen LogP contribution in [-0.2, 0) is 33.3 Å². The molecule has 10 nitrogen and oxygen atoms in total. The molecule has 10 heteroatoms. The van der Waals surface area contributed by atoms with E-state index in [1.165, 1.54) is 21.0 Å². The Morgan fingerprint density at radius 1 is 1.12 bits per heavy atom. The van der Waals surface area contributed by atoms with Gasteiger partial charge in [0.1, 0.15) is 25.0 Å². The van der Waals surface area contributed by atoms with Gasteiger partial charge in [-0.05, 0) is 19.1 Å². The third kappa shape index (κ3) is 3.97. The minimum atomic E-state index is -0.814. The number of carbonyl (C=O) groups is 3. The van der Waals surface area contributed by atoms with E-state index < -0.39 is 42.3 Å². The average Bonchev–Trinajstić information content (AvgIpc) is 3.21. The van der Waals surface area contributed by atoms with Gasteiger partial charge in [0.05, 0.1) is 12.7 Å². The second-order valence-corrected chi connectivity index (χ2v) is 7.75. The number of esters is 3. The number of methoxy groups -OCH3 is 1. The first kappa shape index (κ1) is 21.9.